The van der Waals surface area contributed by atoms with Crippen molar-refractivity contribution in [3.05, 3.63) is 0 Å². The Morgan fingerprint density at radius 2 is 1.59 bits per heavy atom. The number of aliphatic hydroxyl groups is 1. The summed E-state index contributed by atoms with van der Waals surface area (Å²) >= 11 is 0. The van der Waals surface area contributed by atoms with Crippen molar-refractivity contribution in [2.24, 2.45) is 40.4 Å². The number of ether oxygens (including phenoxy) is 1. The predicted molar refractivity (Wildman–Crippen MR) is 156 cm³/mol. The minimum absolute atomic E-state index is 0.0824. The number of ketones is 1. The Morgan fingerprint density at radius 3 is 2.27 bits per heavy atom. The molecule has 0 saturated heterocycles. The highest BCUT2D eigenvalue weighted by Gasteiger charge is 2.63. The number of rotatable bonds is 15. The third kappa shape index (κ3) is 7.63. The van der Waals surface area contributed by atoms with E-state index in [1.165, 1.54) is 0 Å². The van der Waals surface area contributed by atoms with Crippen LogP contribution in [-0.2, 0) is 14.3 Å². The molecular formula is C34H53F5O5. The summed E-state index contributed by atoms with van der Waals surface area (Å²) in [7, 11) is 0. The average Bonchev–Trinajstić information content (AvgIpc) is 3.24. The fourth-order valence-corrected chi connectivity index (χ4v) is 9.80. The fraction of sp³-hybridized carbons (Fsp3) is 0.941. The largest absolute Gasteiger partial charge is 0.481 e. The number of carbonyl (C=O) groups is 2. The van der Waals surface area contributed by atoms with Gasteiger partial charge in [0.05, 0.1) is 18.1 Å². The lowest BCUT2D eigenvalue weighted by atomic mass is 9.44. The minimum atomic E-state index is -5.61. The summed E-state index contributed by atoms with van der Waals surface area (Å²) in [6.45, 7) is 5.31. The molecule has 0 aromatic rings. The Bertz CT molecular complexity index is 988. The van der Waals surface area contributed by atoms with Crippen molar-refractivity contribution in [1.29, 1.82) is 0 Å². The molecule has 0 radical (unpaired) electrons. The quantitative estimate of drug-likeness (QED) is 0.139. The second-order valence-corrected chi connectivity index (χ2v) is 15.1. The maximum Gasteiger partial charge on any atom is 0.453 e. The third-order valence-electron chi connectivity index (χ3n) is 12.4. The molecule has 0 aliphatic heterocycles. The fourth-order valence-electron chi connectivity index (χ4n) is 9.80. The van der Waals surface area contributed by atoms with E-state index in [2.05, 4.69) is 13.8 Å². The van der Waals surface area contributed by atoms with Crippen molar-refractivity contribution in [2.75, 3.05) is 6.61 Å². The molecule has 0 bridgehead atoms. The summed E-state index contributed by atoms with van der Waals surface area (Å²) in [4.78, 5) is 23.8. The number of Topliss-reactive ketones (excluding diaryl/α,β-unsaturated/α-hetero) is 1. The number of unbranched alkanes of at least 4 members (excludes halogenated alkanes) is 5. The molecule has 254 valence electrons. The lowest BCUT2D eigenvalue weighted by molar-refractivity contribution is -0.284. The molecule has 0 spiro atoms. The van der Waals surface area contributed by atoms with Crippen LogP contribution in [0, 0.1) is 40.4 Å². The Balaban J connectivity index is 1.19. The standard InChI is InChI=1S/C34H53F5O5/c1-31-18-16-24(40)20-23(31)12-13-25-26-14-15-28(41)32(26,2)21-27(29(25)31)44-19-8-6-4-3-5-7-10-22(30(42)43)11-9-17-33(35,36)34(37,38)39/h22-23,25-29,41H,3-21H2,1-2H3,(H,42,43)/t22?,23?,25-,26-,27?,28?,29-,31-,32-/m0/s1. The van der Waals surface area contributed by atoms with Crippen molar-refractivity contribution < 1.29 is 46.5 Å². The Hall–Kier alpha value is -1.29. The number of hydrogen-bond donors (Lipinski definition) is 2. The van der Waals surface area contributed by atoms with E-state index in [1.807, 2.05) is 0 Å². The summed E-state index contributed by atoms with van der Waals surface area (Å²) in [6, 6.07) is 0. The van der Waals surface area contributed by atoms with E-state index in [0.717, 1.165) is 70.6 Å². The van der Waals surface area contributed by atoms with Gasteiger partial charge >= 0.3 is 18.1 Å². The van der Waals surface area contributed by atoms with Crippen LogP contribution in [0.3, 0.4) is 0 Å². The molecule has 0 aromatic carbocycles. The zero-order valence-corrected chi connectivity index (χ0v) is 26.5. The molecule has 0 amide bonds. The van der Waals surface area contributed by atoms with Gasteiger partial charge in [-0.3, -0.25) is 9.59 Å². The molecule has 4 rings (SSSR count). The number of aliphatic carboxylic acids is 1. The molecule has 4 unspecified atom stereocenters. The van der Waals surface area contributed by atoms with Crippen molar-refractivity contribution in [3.63, 3.8) is 0 Å². The number of fused-ring (bicyclic) bond motifs is 5. The smallest absolute Gasteiger partial charge is 0.453 e. The molecule has 5 nitrogen and oxygen atoms in total. The maximum atomic E-state index is 13.1. The molecule has 9 atom stereocenters. The number of carbonyl (C=O) groups excluding carboxylic acids is 1. The highest BCUT2D eigenvalue weighted by Crippen LogP contribution is 2.66. The maximum absolute atomic E-state index is 13.1. The Labute approximate surface area is 259 Å². The van der Waals surface area contributed by atoms with Gasteiger partial charge in [0.1, 0.15) is 5.78 Å². The van der Waals surface area contributed by atoms with E-state index in [4.69, 9.17) is 4.74 Å². The molecule has 4 saturated carbocycles. The molecule has 2 N–H and O–H groups in total. The summed E-state index contributed by atoms with van der Waals surface area (Å²) in [5.41, 5.74) is -0.0179. The van der Waals surface area contributed by atoms with Crippen molar-refractivity contribution in [2.45, 2.75) is 154 Å². The number of carboxylic acid groups (broad SMARTS) is 1. The zero-order chi connectivity index (χ0) is 32.3. The highest BCUT2D eigenvalue weighted by molar-refractivity contribution is 5.79. The first kappa shape index (κ1) is 35.6. The number of aliphatic hydroxyl groups excluding tert-OH is 1. The number of alkyl halides is 5. The van der Waals surface area contributed by atoms with Gasteiger partial charge in [-0.25, -0.2) is 0 Å². The lowest BCUT2D eigenvalue weighted by Crippen LogP contribution is -2.60. The van der Waals surface area contributed by atoms with E-state index < -0.39 is 36.8 Å². The van der Waals surface area contributed by atoms with Gasteiger partial charge in [0.2, 0.25) is 0 Å². The van der Waals surface area contributed by atoms with Crippen molar-refractivity contribution in [3.8, 4) is 0 Å². The summed E-state index contributed by atoms with van der Waals surface area (Å²) < 4.78 is 70.0. The zero-order valence-electron chi connectivity index (χ0n) is 26.5. The molecule has 4 aliphatic rings. The molecular weight excluding hydrogens is 583 g/mol. The van der Waals surface area contributed by atoms with Gasteiger partial charge < -0.3 is 14.9 Å². The van der Waals surface area contributed by atoms with Gasteiger partial charge in [0, 0.05) is 25.9 Å². The van der Waals surface area contributed by atoms with Crippen LogP contribution in [-0.4, -0.2) is 52.9 Å². The van der Waals surface area contributed by atoms with Gasteiger partial charge in [0.15, 0.2) is 0 Å². The van der Waals surface area contributed by atoms with Crippen LogP contribution < -0.4 is 0 Å². The van der Waals surface area contributed by atoms with Crippen LogP contribution >= 0.6 is 0 Å². The summed E-state index contributed by atoms with van der Waals surface area (Å²) in [6.07, 6.45) is 4.81. The number of hydrogen-bond acceptors (Lipinski definition) is 4. The third-order valence-corrected chi connectivity index (χ3v) is 12.4. The predicted octanol–water partition coefficient (Wildman–Crippen LogP) is 8.75. The van der Waals surface area contributed by atoms with Crippen LogP contribution in [0.4, 0.5) is 22.0 Å². The average molecular weight is 637 g/mol. The molecule has 10 heteroatoms. The van der Waals surface area contributed by atoms with E-state index >= 15 is 0 Å². The van der Waals surface area contributed by atoms with E-state index in [9.17, 15) is 41.8 Å². The first-order valence-corrected chi connectivity index (χ1v) is 17.1. The highest BCUT2D eigenvalue weighted by atomic mass is 19.4. The first-order chi connectivity index (χ1) is 20.6. The lowest BCUT2D eigenvalue weighted by Gasteiger charge is -2.62. The molecule has 4 aliphatic carbocycles. The Morgan fingerprint density at radius 1 is 0.932 bits per heavy atom. The minimum Gasteiger partial charge on any atom is -0.481 e. The van der Waals surface area contributed by atoms with Gasteiger partial charge in [-0.2, -0.15) is 22.0 Å². The number of halogens is 5. The Kier molecular flexibility index (Phi) is 11.5. The van der Waals surface area contributed by atoms with Crippen LogP contribution in [0.5, 0.6) is 0 Å². The monoisotopic (exact) mass is 636 g/mol. The van der Waals surface area contributed by atoms with Crippen molar-refractivity contribution in [1.82, 2.24) is 0 Å². The number of carboxylic acids is 1. The normalized spacial score (nSPS) is 36.4. The topological polar surface area (TPSA) is 83.8 Å². The molecule has 0 heterocycles. The van der Waals surface area contributed by atoms with E-state index in [-0.39, 0.29) is 35.9 Å². The van der Waals surface area contributed by atoms with Crippen LogP contribution in [0.15, 0.2) is 0 Å². The van der Waals surface area contributed by atoms with Crippen molar-refractivity contribution >= 4 is 11.8 Å². The first-order valence-electron chi connectivity index (χ1n) is 17.1. The summed E-state index contributed by atoms with van der Waals surface area (Å²) in [5, 5.41) is 20.4. The van der Waals surface area contributed by atoms with Crippen LogP contribution in [0.1, 0.15) is 129 Å². The molecule has 44 heavy (non-hydrogen) atoms. The molecule has 0 aromatic heterocycles. The van der Waals surface area contributed by atoms with Crippen LogP contribution in [0.25, 0.3) is 0 Å². The van der Waals surface area contributed by atoms with Gasteiger partial charge in [-0.05, 0) is 98.7 Å². The van der Waals surface area contributed by atoms with E-state index in [1.54, 1.807) is 0 Å². The molecule has 4 fully saturated rings. The van der Waals surface area contributed by atoms with Gasteiger partial charge in [-0.1, -0.05) is 46.0 Å². The second kappa shape index (κ2) is 14.2. The second-order valence-electron chi connectivity index (χ2n) is 15.1. The van der Waals surface area contributed by atoms with E-state index in [0.29, 0.717) is 55.3 Å². The summed E-state index contributed by atoms with van der Waals surface area (Å²) in [5.74, 6) is -4.57. The van der Waals surface area contributed by atoms with Gasteiger partial charge in [-0.15, -0.1) is 0 Å². The SMILES string of the molecule is C[C@]12CCC(=O)CC1CC[C@@H]1[C@H]2C(OCCCCCCCCC(CCCC(F)(F)C(F)(F)F)C(=O)O)C[C@]2(C)C(O)CC[C@@H]12. The van der Waals surface area contributed by atoms with Gasteiger partial charge in [0.25, 0.3) is 0 Å². The van der Waals surface area contributed by atoms with Crippen LogP contribution in [0.2, 0.25) is 0 Å².